The van der Waals surface area contributed by atoms with Crippen LogP contribution in [0, 0.1) is 0 Å². The van der Waals surface area contributed by atoms with Crippen LogP contribution in [0.5, 0.6) is 11.5 Å². The number of hydrogen-bond acceptors (Lipinski definition) is 3. The van der Waals surface area contributed by atoms with Crippen molar-refractivity contribution in [1.82, 2.24) is 0 Å². The Morgan fingerprint density at radius 2 is 1.91 bits per heavy atom. The Morgan fingerprint density at radius 1 is 1.27 bits per heavy atom. The summed E-state index contributed by atoms with van der Waals surface area (Å²) in [6.45, 7) is 0.236. The average Bonchev–Trinajstić information content (AvgIpc) is 1.95. The third kappa shape index (κ3) is 2.00. The van der Waals surface area contributed by atoms with E-state index in [1.807, 2.05) is 0 Å². The van der Waals surface area contributed by atoms with Crippen molar-refractivity contribution in [1.29, 1.82) is 0 Å². The highest BCUT2D eigenvalue weighted by molar-refractivity contribution is 5.85. The summed E-state index contributed by atoms with van der Waals surface area (Å²) in [5, 5.41) is 18.0. The molecule has 1 aromatic rings. The van der Waals surface area contributed by atoms with Crippen molar-refractivity contribution in [3.05, 3.63) is 23.8 Å². The first kappa shape index (κ1) is 10.1. The zero-order valence-electron chi connectivity index (χ0n) is 5.82. The van der Waals surface area contributed by atoms with Crippen LogP contribution in [0.25, 0.3) is 0 Å². The maximum Gasteiger partial charge on any atom is 0.161 e. The van der Waals surface area contributed by atoms with Crippen LogP contribution < -0.4 is 5.73 Å². The molecule has 0 atom stereocenters. The monoisotopic (exact) mass is 175 g/mol. The van der Waals surface area contributed by atoms with Crippen molar-refractivity contribution >= 4 is 12.4 Å². The van der Waals surface area contributed by atoms with Crippen LogP contribution in [0.2, 0.25) is 0 Å². The lowest BCUT2D eigenvalue weighted by molar-refractivity contribution is 0.399. The van der Waals surface area contributed by atoms with Gasteiger partial charge in [0.15, 0.2) is 11.5 Å². The number of nitrogens with two attached hydrogens (primary N) is 1. The first-order chi connectivity index (χ1) is 4.75. The first-order valence-electron chi connectivity index (χ1n) is 2.95. The number of phenols is 2. The standard InChI is InChI=1S/C7H9NO2.ClH/c8-4-5-2-1-3-6(9)7(5)10;/h1-3,9-10H,4,8H2;1H. The molecule has 0 aromatic heterocycles. The fourth-order valence-electron chi connectivity index (χ4n) is 0.742. The van der Waals surface area contributed by atoms with Gasteiger partial charge in [-0.2, -0.15) is 0 Å². The smallest absolute Gasteiger partial charge is 0.161 e. The SMILES string of the molecule is Cl.NCc1cccc(O)c1O. The Labute approximate surface area is 70.9 Å². The highest BCUT2D eigenvalue weighted by Gasteiger charge is 2.01. The molecule has 1 rings (SSSR count). The van der Waals surface area contributed by atoms with Gasteiger partial charge in [-0.3, -0.25) is 0 Å². The number of phenolic OH excluding ortho intramolecular Hbond substituents is 2. The topological polar surface area (TPSA) is 66.5 Å². The Kier molecular flexibility index (Phi) is 3.71. The average molecular weight is 176 g/mol. The van der Waals surface area contributed by atoms with Crippen LogP contribution in [-0.4, -0.2) is 10.2 Å². The van der Waals surface area contributed by atoms with Crippen LogP contribution in [-0.2, 0) is 6.54 Å². The largest absolute Gasteiger partial charge is 0.504 e. The van der Waals surface area contributed by atoms with Gasteiger partial charge in [0, 0.05) is 12.1 Å². The molecule has 0 spiro atoms. The molecule has 4 heteroatoms. The predicted octanol–water partition coefficient (Wildman–Crippen LogP) is 0.978. The zero-order chi connectivity index (χ0) is 7.56. The molecule has 0 heterocycles. The van der Waals surface area contributed by atoms with E-state index in [9.17, 15) is 0 Å². The van der Waals surface area contributed by atoms with Crippen LogP contribution in [0.1, 0.15) is 5.56 Å². The summed E-state index contributed by atoms with van der Waals surface area (Å²) in [5.74, 6) is -0.243. The van der Waals surface area contributed by atoms with E-state index in [-0.39, 0.29) is 30.5 Å². The Bertz CT molecular complexity index is 240. The molecule has 0 bridgehead atoms. The van der Waals surface area contributed by atoms with E-state index in [1.165, 1.54) is 6.07 Å². The third-order valence-electron chi connectivity index (χ3n) is 1.32. The predicted molar refractivity (Wildman–Crippen MR) is 44.9 cm³/mol. The van der Waals surface area contributed by atoms with Crippen LogP contribution in [0.15, 0.2) is 18.2 Å². The van der Waals surface area contributed by atoms with Crippen molar-refractivity contribution < 1.29 is 10.2 Å². The number of benzene rings is 1. The maximum absolute atomic E-state index is 9.07. The van der Waals surface area contributed by atoms with Crippen molar-refractivity contribution in [3.8, 4) is 11.5 Å². The molecule has 0 saturated heterocycles. The molecular weight excluding hydrogens is 166 g/mol. The van der Waals surface area contributed by atoms with Gasteiger partial charge in [0.05, 0.1) is 0 Å². The van der Waals surface area contributed by atoms with E-state index in [4.69, 9.17) is 15.9 Å². The van der Waals surface area contributed by atoms with E-state index >= 15 is 0 Å². The van der Waals surface area contributed by atoms with E-state index in [2.05, 4.69) is 0 Å². The Morgan fingerprint density at radius 3 is 2.36 bits per heavy atom. The van der Waals surface area contributed by atoms with Gasteiger partial charge in [0.2, 0.25) is 0 Å². The lowest BCUT2D eigenvalue weighted by Crippen LogP contribution is -1.95. The lowest BCUT2D eigenvalue weighted by atomic mass is 10.2. The first-order valence-corrected chi connectivity index (χ1v) is 2.95. The molecule has 0 fully saturated rings. The molecule has 3 nitrogen and oxygen atoms in total. The molecule has 0 saturated carbocycles. The molecule has 0 radical (unpaired) electrons. The van der Waals surface area contributed by atoms with Gasteiger partial charge in [-0.05, 0) is 6.07 Å². The fourth-order valence-corrected chi connectivity index (χ4v) is 0.742. The van der Waals surface area contributed by atoms with Crippen molar-refractivity contribution in [2.45, 2.75) is 6.54 Å². The highest BCUT2D eigenvalue weighted by atomic mass is 35.5. The van der Waals surface area contributed by atoms with Gasteiger partial charge >= 0.3 is 0 Å². The van der Waals surface area contributed by atoms with E-state index < -0.39 is 0 Å². The summed E-state index contributed by atoms with van der Waals surface area (Å²) in [6.07, 6.45) is 0. The van der Waals surface area contributed by atoms with Crippen LogP contribution >= 0.6 is 12.4 Å². The summed E-state index contributed by atoms with van der Waals surface area (Å²) < 4.78 is 0. The minimum absolute atomic E-state index is 0. The van der Waals surface area contributed by atoms with E-state index in [1.54, 1.807) is 12.1 Å². The van der Waals surface area contributed by atoms with E-state index in [0.717, 1.165) is 0 Å². The molecule has 0 amide bonds. The quantitative estimate of drug-likeness (QED) is 0.558. The summed E-state index contributed by atoms with van der Waals surface area (Å²) in [6, 6.07) is 4.71. The number of halogens is 1. The molecule has 0 aliphatic carbocycles. The van der Waals surface area contributed by atoms with Crippen molar-refractivity contribution in [2.24, 2.45) is 5.73 Å². The minimum atomic E-state index is -0.122. The second kappa shape index (κ2) is 4.05. The normalized spacial score (nSPS) is 8.82. The summed E-state index contributed by atoms with van der Waals surface area (Å²) in [5.41, 5.74) is 5.80. The van der Waals surface area contributed by atoms with Gasteiger partial charge in [0.1, 0.15) is 0 Å². The van der Waals surface area contributed by atoms with Gasteiger partial charge in [-0.25, -0.2) is 0 Å². The molecule has 11 heavy (non-hydrogen) atoms. The van der Waals surface area contributed by atoms with Crippen molar-refractivity contribution in [3.63, 3.8) is 0 Å². The summed E-state index contributed by atoms with van der Waals surface area (Å²) in [7, 11) is 0. The maximum atomic E-state index is 9.07. The molecule has 1 aromatic carbocycles. The Hall–Kier alpha value is -0.930. The van der Waals surface area contributed by atoms with Gasteiger partial charge < -0.3 is 15.9 Å². The summed E-state index contributed by atoms with van der Waals surface area (Å²) >= 11 is 0. The number of hydrogen-bond donors (Lipinski definition) is 3. The van der Waals surface area contributed by atoms with Crippen LogP contribution in [0.4, 0.5) is 0 Å². The molecular formula is C7H10ClNO2. The molecule has 0 aliphatic heterocycles. The minimum Gasteiger partial charge on any atom is -0.504 e. The lowest BCUT2D eigenvalue weighted by Gasteiger charge is -2.01. The van der Waals surface area contributed by atoms with E-state index in [0.29, 0.717) is 5.56 Å². The molecule has 0 unspecified atom stereocenters. The second-order valence-electron chi connectivity index (χ2n) is 1.99. The van der Waals surface area contributed by atoms with Crippen LogP contribution in [0.3, 0.4) is 0 Å². The highest BCUT2D eigenvalue weighted by Crippen LogP contribution is 2.27. The molecule has 4 N–H and O–H groups in total. The zero-order valence-corrected chi connectivity index (χ0v) is 6.64. The van der Waals surface area contributed by atoms with Gasteiger partial charge in [0.25, 0.3) is 0 Å². The summed E-state index contributed by atoms with van der Waals surface area (Å²) in [4.78, 5) is 0. The molecule has 0 aliphatic rings. The van der Waals surface area contributed by atoms with Crippen molar-refractivity contribution in [2.75, 3.05) is 0 Å². The third-order valence-corrected chi connectivity index (χ3v) is 1.32. The number of rotatable bonds is 1. The Balaban J connectivity index is 0.000001000. The fraction of sp³-hybridized carbons (Fsp3) is 0.143. The van der Waals surface area contributed by atoms with Gasteiger partial charge in [-0.15, -0.1) is 12.4 Å². The number of aromatic hydroxyl groups is 2. The molecule has 62 valence electrons. The number of para-hydroxylation sites is 1. The second-order valence-corrected chi connectivity index (χ2v) is 1.99. The van der Waals surface area contributed by atoms with Gasteiger partial charge in [-0.1, -0.05) is 12.1 Å².